The molecule has 0 bridgehead atoms. The normalized spacial score (nSPS) is 23.5. The summed E-state index contributed by atoms with van der Waals surface area (Å²) in [7, 11) is 2.03. The van der Waals surface area contributed by atoms with E-state index in [2.05, 4.69) is 20.2 Å². The van der Waals surface area contributed by atoms with Crippen LogP contribution in [0.15, 0.2) is 24.5 Å². The summed E-state index contributed by atoms with van der Waals surface area (Å²) in [5.74, 6) is -1.76. The largest absolute Gasteiger partial charge is 0.393 e. The lowest BCUT2D eigenvalue weighted by molar-refractivity contribution is -0.178. The van der Waals surface area contributed by atoms with Gasteiger partial charge in [0.05, 0.1) is 35.6 Å². The van der Waals surface area contributed by atoms with Crippen molar-refractivity contribution < 1.29 is 18.0 Å². The van der Waals surface area contributed by atoms with Gasteiger partial charge in [-0.25, -0.2) is 0 Å². The van der Waals surface area contributed by atoms with Crippen LogP contribution in [-0.2, 0) is 4.79 Å². The highest BCUT2D eigenvalue weighted by Crippen LogP contribution is 2.36. The van der Waals surface area contributed by atoms with E-state index in [-0.39, 0.29) is 25.4 Å². The summed E-state index contributed by atoms with van der Waals surface area (Å²) < 4.78 is 41.2. The Kier molecular flexibility index (Phi) is 6.52. The molecule has 0 unspecified atom stereocenters. The van der Waals surface area contributed by atoms with Crippen molar-refractivity contribution in [3.05, 3.63) is 30.2 Å². The third kappa shape index (κ3) is 5.12. The summed E-state index contributed by atoms with van der Waals surface area (Å²) >= 11 is 0. The Hall–Kier alpha value is -2.46. The third-order valence-corrected chi connectivity index (χ3v) is 6.39. The summed E-state index contributed by atoms with van der Waals surface area (Å²) in [4.78, 5) is 27.3. The number of rotatable bonds is 4. The molecule has 2 aromatic heterocycles. The zero-order chi connectivity index (χ0) is 22.9. The van der Waals surface area contributed by atoms with E-state index in [1.54, 1.807) is 23.4 Å². The number of likely N-dealkylation sites (N-methyl/N-ethyl adjacent to an activating group) is 1. The van der Waals surface area contributed by atoms with Crippen molar-refractivity contribution in [2.75, 3.05) is 57.8 Å². The molecule has 174 valence electrons. The first kappa shape index (κ1) is 22.7. The average Bonchev–Trinajstić information content (AvgIpc) is 2.75. The molecule has 2 aliphatic rings. The van der Waals surface area contributed by atoms with E-state index in [1.165, 1.54) is 0 Å². The number of fused-ring (bicyclic) bond motifs is 1. The van der Waals surface area contributed by atoms with Crippen LogP contribution in [0.5, 0.6) is 0 Å². The van der Waals surface area contributed by atoms with E-state index in [0.717, 1.165) is 37.3 Å². The number of halogens is 3. The topological polar surface area (TPSA) is 64.6 Å². The van der Waals surface area contributed by atoms with Crippen molar-refractivity contribution >= 4 is 22.5 Å². The van der Waals surface area contributed by atoms with Crippen molar-refractivity contribution in [1.82, 2.24) is 25.1 Å². The molecular formula is C22H29F3N6O. The third-order valence-electron chi connectivity index (χ3n) is 6.39. The van der Waals surface area contributed by atoms with Gasteiger partial charge in [0, 0.05) is 56.9 Å². The molecule has 10 heteroatoms. The van der Waals surface area contributed by atoms with E-state index >= 15 is 0 Å². The second-order valence-corrected chi connectivity index (χ2v) is 8.85. The second kappa shape index (κ2) is 9.19. The quantitative estimate of drug-likeness (QED) is 0.770. The molecule has 0 saturated carbocycles. The van der Waals surface area contributed by atoms with Gasteiger partial charge in [-0.3, -0.25) is 19.7 Å². The maximum Gasteiger partial charge on any atom is 0.393 e. The molecule has 2 aromatic rings. The molecule has 2 atom stereocenters. The van der Waals surface area contributed by atoms with Crippen LogP contribution in [0, 0.1) is 12.8 Å². The lowest BCUT2D eigenvalue weighted by Crippen LogP contribution is -2.56. The van der Waals surface area contributed by atoms with Crippen molar-refractivity contribution in [2.45, 2.75) is 25.6 Å². The minimum Gasteiger partial charge on any atom is -0.367 e. The molecular weight excluding hydrogens is 421 g/mol. The van der Waals surface area contributed by atoms with E-state index in [1.807, 2.05) is 24.9 Å². The molecule has 0 spiro atoms. The number of aryl methyl sites for hydroxylation is 1. The van der Waals surface area contributed by atoms with E-state index in [0.29, 0.717) is 17.7 Å². The molecule has 32 heavy (non-hydrogen) atoms. The molecule has 1 N–H and O–H groups in total. The van der Waals surface area contributed by atoms with Gasteiger partial charge in [0.25, 0.3) is 0 Å². The van der Waals surface area contributed by atoms with Gasteiger partial charge in [-0.2, -0.15) is 13.2 Å². The fourth-order valence-electron chi connectivity index (χ4n) is 4.56. The Bertz CT molecular complexity index is 960. The van der Waals surface area contributed by atoms with Crippen molar-refractivity contribution in [2.24, 2.45) is 5.92 Å². The molecule has 4 rings (SSSR count). The summed E-state index contributed by atoms with van der Waals surface area (Å²) in [5.41, 5.74) is 2.02. The fourth-order valence-corrected chi connectivity index (χ4v) is 4.56. The molecule has 2 aliphatic heterocycles. The number of pyridine rings is 2. The number of aromatic nitrogens is 2. The minimum absolute atomic E-state index is 0.121. The number of piperazine rings is 1. The Labute approximate surface area is 185 Å². The Morgan fingerprint density at radius 2 is 1.94 bits per heavy atom. The maximum absolute atomic E-state index is 13.7. The highest BCUT2D eigenvalue weighted by atomic mass is 19.4. The fraction of sp³-hybridized carbons (Fsp3) is 0.591. The number of nitrogens with one attached hydrogen (secondary N) is 1. The minimum atomic E-state index is -4.34. The van der Waals surface area contributed by atoms with Crippen molar-refractivity contribution in [1.29, 1.82) is 0 Å². The molecule has 0 radical (unpaired) electrons. The number of anilines is 1. The lowest BCUT2D eigenvalue weighted by atomic mass is 9.92. The van der Waals surface area contributed by atoms with Gasteiger partial charge in [-0.15, -0.1) is 0 Å². The SMILES string of the molecule is Cc1ncc(N2C[C@H](NC(=O)CN3CCN(C)CC3)C[C@H](C(F)(F)F)C2)c2cccnc12. The van der Waals surface area contributed by atoms with Gasteiger partial charge in [0.15, 0.2) is 0 Å². The van der Waals surface area contributed by atoms with Crippen LogP contribution in [-0.4, -0.2) is 90.8 Å². The molecule has 4 heterocycles. The molecule has 0 aromatic carbocycles. The van der Waals surface area contributed by atoms with Gasteiger partial charge in [0.1, 0.15) is 0 Å². The van der Waals surface area contributed by atoms with Crippen LogP contribution in [0.3, 0.4) is 0 Å². The first-order valence-electron chi connectivity index (χ1n) is 10.9. The van der Waals surface area contributed by atoms with Crippen LogP contribution in [0.4, 0.5) is 18.9 Å². The maximum atomic E-state index is 13.7. The van der Waals surface area contributed by atoms with Crippen molar-refractivity contribution in [3.8, 4) is 0 Å². The molecule has 0 aliphatic carbocycles. The average molecular weight is 451 g/mol. The summed E-state index contributed by atoms with van der Waals surface area (Å²) in [6.45, 7) is 5.48. The van der Waals surface area contributed by atoms with Crippen LogP contribution < -0.4 is 10.2 Å². The predicted molar refractivity (Wildman–Crippen MR) is 117 cm³/mol. The van der Waals surface area contributed by atoms with Crippen LogP contribution in [0.2, 0.25) is 0 Å². The molecule has 2 saturated heterocycles. The Morgan fingerprint density at radius 1 is 1.19 bits per heavy atom. The van der Waals surface area contributed by atoms with Gasteiger partial charge in [-0.1, -0.05) is 0 Å². The first-order chi connectivity index (χ1) is 15.2. The number of hydrogen-bond donors (Lipinski definition) is 1. The molecule has 2 fully saturated rings. The summed E-state index contributed by atoms with van der Waals surface area (Å²) in [5, 5.41) is 3.64. The van der Waals surface area contributed by atoms with E-state index in [9.17, 15) is 18.0 Å². The number of carbonyl (C=O) groups excluding carboxylic acids is 1. The second-order valence-electron chi connectivity index (χ2n) is 8.85. The standard InChI is InChI=1S/C22H29F3N6O/c1-15-21-18(4-3-5-26-21)19(11-27-15)31-12-16(22(23,24)25)10-17(13-31)28-20(32)14-30-8-6-29(2)7-9-30/h3-5,11,16-17H,6-10,12-14H2,1-2H3,(H,28,32)/t16-,17+/m0/s1. The highest BCUT2D eigenvalue weighted by Gasteiger charge is 2.45. The Balaban J connectivity index is 1.52. The number of amides is 1. The summed E-state index contributed by atoms with van der Waals surface area (Å²) in [6.07, 6.45) is -1.20. The van der Waals surface area contributed by atoms with Gasteiger partial charge >= 0.3 is 6.18 Å². The van der Waals surface area contributed by atoms with E-state index < -0.39 is 18.1 Å². The predicted octanol–water partition coefficient (Wildman–Crippen LogP) is 2.06. The summed E-state index contributed by atoms with van der Waals surface area (Å²) in [6, 6.07) is 3.03. The zero-order valence-electron chi connectivity index (χ0n) is 18.4. The van der Waals surface area contributed by atoms with E-state index in [4.69, 9.17) is 0 Å². The number of hydrogen-bond acceptors (Lipinski definition) is 6. The van der Waals surface area contributed by atoms with Gasteiger partial charge in [-0.05, 0) is 32.5 Å². The Morgan fingerprint density at radius 3 is 2.66 bits per heavy atom. The highest BCUT2D eigenvalue weighted by molar-refractivity contribution is 5.92. The lowest BCUT2D eigenvalue weighted by Gasteiger charge is -2.40. The van der Waals surface area contributed by atoms with Crippen LogP contribution in [0.25, 0.3) is 10.9 Å². The first-order valence-corrected chi connectivity index (χ1v) is 10.9. The smallest absolute Gasteiger partial charge is 0.367 e. The van der Waals surface area contributed by atoms with Crippen molar-refractivity contribution in [3.63, 3.8) is 0 Å². The van der Waals surface area contributed by atoms with Gasteiger partial charge < -0.3 is 15.1 Å². The molecule has 1 amide bonds. The zero-order valence-corrected chi connectivity index (χ0v) is 18.4. The number of carbonyl (C=O) groups is 1. The number of nitrogens with zero attached hydrogens (tertiary/aromatic N) is 5. The van der Waals surface area contributed by atoms with Crippen LogP contribution >= 0.6 is 0 Å². The van der Waals surface area contributed by atoms with Gasteiger partial charge in [0.2, 0.25) is 5.91 Å². The molecule has 7 nitrogen and oxygen atoms in total. The number of piperidine rings is 1. The monoisotopic (exact) mass is 450 g/mol. The van der Waals surface area contributed by atoms with Crippen LogP contribution in [0.1, 0.15) is 12.1 Å². The number of alkyl halides is 3.